The molecule has 2 aliphatic heterocycles. The van der Waals surface area contributed by atoms with Crippen LogP contribution in [0.3, 0.4) is 0 Å². The van der Waals surface area contributed by atoms with E-state index in [1.807, 2.05) is 0 Å². The van der Waals surface area contributed by atoms with Gasteiger partial charge in [-0.05, 0) is 39.5 Å². The molecule has 5 atom stereocenters. The average molecular weight is 243 g/mol. The normalized spacial score (nSPS) is 47.3. The van der Waals surface area contributed by atoms with Crippen LogP contribution in [-0.2, 0) is 18.6 Å². The molecular formula is C12H24BO4-. The fraction of sp³-hybridized carbons (Fsp3) is 1.00. The van der Waals surface area contributed by atoms with E-state index in [0.29, 0.717) is 0 Å². The summed E-state index contributed by atoms with van der Waals surface area (Å²) < 4.78 is 23.6. The van der Waals surface area contributed by atoms with E-state index in [4.69, 9.17) is 18.6 Å². The third kappa shape index (κ3) is 3.02. The summed E-state index contributed by atoms with van der Waals surface area (Å²) in [7, 11) is 0. The molecule has 2 heterocycles. The van der Waals surface area contributed by atoms with Crippen molar-refractivity contribution in [1.29, 1.82) is 0 Å². The van der Waals surface area contributed by atoms with Crippen molar-refractivity contribution in [2.24, 2.45) is 0 Å². The molecule has 2 fully saturated rings. The van der Waals surface area contributed by atoms with E-state index in [2.05, 4.69) is 27.7 Å². The quantitative estimate of drug-likeness (QED) is 0.698. The van der Waals surface area contributed by atoms with Gasteiger partial charge in [0.05, 0.1) is 0 Å². The highest BCUT2D eigenvalue weighted by Gasteiger charge is 2.45. The van der Waals surface area contributed by atoms with Crippen LogP contribution in [0.5, 0.6) is 0 Å². The second-order valence-corrected chi connectivity index (χ2v) is 5.27. The second kappa shape index (κ2) is 5.27. The zero-order valence-electron chi connectivity index (χ0n) is 11.3. The van der Waals surface area contributed by atoms with E-state index in [0.717, 1.165) is 25.7 Å². The highest BCUT2D eigenvalue weighted by Crippen LogP contribution is 2.34. The molecular weight excluding hydrogens is 219 g/mol. The van der Waals surface area contributed by atoms with Gasteiger partial charge in [-0.15, -0.1) is 0 Å². The molecule has 0 aliphatic carbocycles. The molecule has 5 heteroatoms. The Balaban J connectivity index is 2.10. The minimum absolute atomic E-state index is 0.136. The van der Waals surface area contributed by atoms with Gasteiger partial charge in [0.25, 0.3) is 0 Å². The Hall–Kier alpha value is -0.0951. The number of hydrogen-bond donors (Lipinski definition) is 0. The largest absolute Gasteiger partial charge is 0.532 e. The molecule has 0 bridgehead atoms. The second-order valence-electron chi connectivity index (χ2n) is 5.27. The van der Waals surface area contributed by atoms with Crippen LogP contribution in [0.2, 0.25) is 0 Å². The average Bonchev–Trinajstić information content (AvgIpc) is 2.26. The van der Waals surface area contributed by atoms with Crippen LogP contribution in [0.4, 0.5) is 0 Å². The molecule has 0 aromatic carbocycles. The van der Waals surface area contributed by atoms with Crippen molar-refractivity contribution in [3.8, 4) is 0 Å². The lowest BCUT2D eigenvalue weighted by atomic mass is 9.91. The summed E-state index contributed by atoms with van der Waals surface area (Å²) in [6.45, 7) is 6.38. The highest BCUT2D eigenvalue weighted by molar-refractivity contribution is 6.54. The monoisotopic (exact) mass is 243 g/mol. The fourth-order valence-corrected chi connectivity index (χ4v) is 2.72. The van der Waals surface area contributed by atoms with Crippen molar-refractivity contribution in [3.63, 3.8) is 0 Å². The van der Waals surface area contributed by atoms with Gasteiger partial charge in [0.15, 0.2) is 0 Å². The first kappa shape index (κ1) is 13.3. The van der Waals surface area contributed by atoms with Crippen LogP contribution >= 0.6 is 0 Å². The molecule has 17 heavy (non-hydrogen) atoms. The molecule has 2 aliphatic rings. The predicted molar refractivity (Wildman–Crippen MR) is 66.4 cm³/mol. The van der Waals surface area contributed by atoms with Gasteiger partial charge in [-0.2, -0.15) is 0 Å². The van der Waals surface area contributed by atoms with Gasteiger partial charge in [0.1, 0.15) is 0 Å². The Labute approximate surface area is 104 Å². The van der Waals surface area contributed by atoms with Crippen LogP contribution in [0.25, 0.3) is 0 Å². The summed E-state index contributed by atoms with van der Waals surface area (Å²) in [6, 6.07) is 0. The third-order valence-corrected chi connectivity index (χ3v) is 3.62. The van der Waals surface area contributed by atoms with Gasteiger partial charge < -0.3 is 18.6 Å². The molecule has 2 saturated heterocycles. The van der Waals surface area contributed by atoms with Gasteiger partial charge >= 0.3 is 6.96 Å². The summed E-state index contributed by atoms with van der Waals surface area (Å²) in [5.74, 6) is 0. The topological polar surface area (TPSA) is 36.9 Å². The van der Waals surface area contributed by atoms with Crippen LogP contribution in [0.1, 0.15) is 53.4 Å². The van der Waals surface area contributed by atoms with E-state index in [-0.39, 0.29) is 24.4 Å². The molecule has 1 spiro atoms. The molecule has 0 N–H and O–H groups in total. The van der Waals surface area contributed by atoms with Crippen LogP contribution in [0.15, 0.2) is 0 Å². The van der Waals surface area contributed by atoms with E-state index in [1.54, 1.807) is 0 Å². The van der Waals surface area contributed by atoms with Crippen LogP contribution in [-0.4, -0.2) is 31.4 Å². The summed E-state index contributed by atoms with van der Waals surface area (Å²) in [6.07, 6.45) is 4.40. The van der Waals surface area contributed by atoms with E-state index in [9.17, 15) is 0 Å². The van der Waals surface area contributed by atoms with Gasteiger partial charge in [-0.25, -0.2) is 0 Å². The summed E-state index contributed by atoms with van der Waals surface area (Å²) >= 11 is 0. The maximum atomic E-state index is 5.93. The zero-order valence-corrected chi connectivity index (χ0v) is 11.3. The number of rotatable bonds is 2. The third-order valence-electron chi connectivity index (χ3n) is 3.62. The van der Waals surface area contributed by atoms with Crippen molar-refractivity contribution in [1.82, 2.24) is 0 Å². The molecule has 2 unspecified atom stereocenters. The maximum absolute atomic E-state index is 5.93. The molecule has 2 rings (SSSR count). The summed E-state index contributed by atoms with van der Waals surface area (Å²) in [4.78, 5) is 0. The Morgan fingerprint density at radius 3 is 1.59 bits per heavy atom. The lowest BCUT2D eigenvalue weighted by molar-refractivity contribution is -0.163. The Bertz CT molecular complexity index is 235. The minimum atomic E-state index is -1.98. The van der Waals surface area contributed by atoms with Crippen molar-refractivity contribution in [2.75, 3.05) is 0 Å². The van der Waals surface area contributed by atoms with Crippen molar-refractivity contribution < 1.29 is 18.6 Å². The Morgan fingerprint density at radius 2 is 1.24 bits per heavy atom. The van der Waals surface area contributed by atoms with Crippen LogP contribution < -0.4 is 0 Å². The fourth-order valence-electron chi connectivity index (χ4n) is 2.72. The van der Waals surface area contributed by atoms with Gasteiger partial charge in [0, 0.05) is 24.4 Å². The van der Waals surface area contributed by atoms with E-state index >= 15 is 0 Å². The molecule has 4 nitrogen and oxygen atoms in total. The van der Waals surface area contributed by atoms with E-state index < -0.39 is 6.96 Å². The molecule has 0 radical (unpaired) electrons. The van der Waals surface area contributed by atoms with Crippen molar-refractivity contribution in [3.05, 3.63) is 0 Å². The summed E-state index contributed by atoms with van der Waals surface area (Å²) in [5, 5.41) is 0. The first-order valence-electron chi connectivity index (χ1n) is 6.90. The van der Waals surface area contributed by atoms with Gasteiger partial charge in [0.2, 0.25) is 0 Å². The predicted octanol–water partition coefficient (Wildman–Crippen LogP) is 2.63. The van der Waals surface area contributed by atoms with Crippen molar-refractivity contribution >= 4 is 6.96 Å². The molecule has 0 aromatic rings. The molecule has 0 amide bonds. The lowest BCUT2D eigenvalue weighted by Crippen LogP contribution is -2.62. The highest BCUT2D eigenvalue weighted by atomic mass is 16.9. The minimum Gasteiger partial charge on any atom is -0.516 e. The van der Waals surface area contributed by atoms with E-state index in [1.165, 1.54) is 0 Å². The first-order valence-corrected chi connectivity index (χ1v) is 6.90. The zero-order chi connectivity index (χ0) is 12.5. The number of hydrogen-bond acceptors (Lipinski definition) is 4. The molecule has 0 aromatic heterocycles. The summed E-state index contributed by atoms with van der Waals surface area (Å²) in [5.41, 5.74) is 0. The maximum Gasteiger partial charge on any atom is 0.532 e. The Morgan fingerprint density at radius 1 is 0.824 bits per heavy atom. The lowest BCUT2D eigenvalue weighted by Gasteiger charge is -2.55. The van der Waals surface area contributed by atoms with Crippen molar-refractivity contribution in [2.45, 2.75) is 77.8 Å². The molecule has 0 saturated carbocycles. The SMILES string of the molecule is CC[C@@H]1C[C@H](C)O[B-]2(OC(C)C[C@H](CC)O2)O1. The van der Waals surface area contributed by atoms with Gasteiger partial charge in [-0.3, -0.25) is 0 Å². The smallest absolute Gasteiger partial charge is 0.516 e. The first-order chi connectivity index (χ1) is 8.07. The van der Waals surface area contributed by atoms with Gasteiger partial charge in [-0.1, -0.05) is 13.8 Å². The molecule has 100 valence electrons. The Kier molecular flexibility index (Phi) is 4.13. The standard InChI is InChI=1S/C12H24BO4/c1-5-11-7-9(3)14-13(16-11)15-10(4)8-12(6-2)17-13/h9-12H,5-8H2,1-4H3/q-1/t9-,10?,11+,12-,13?/m0/s1. The van der Waals surface area contributed by atoms with Crippen LogP contribution in [0, 0.1) is 0 Å².